The molecule has 1 unspecified atom stereocenters. The second kappa shape index (κ2) is 7.36. The van der Waals surface area contributed by atoms with E-state index in [1.54, 1.807) is 21.1 Å². The van der Waals surface area contributed by atoms with Gasteiger partial charge in [-0.3, -0.25) is 9.59 Å². The number of likely N-dealkylation sites (N-methyl/N-ethyl adjacent to an activating group) is 2. The highest BCUT2D eigenvalue weighted by molar-refractivity contribution is 5.87. The molecule has 0 aromatic heterocycles. The Hall–Kier alpha value is -1.10. The van der Waals surface area contributed by atoms with Crippen LogP contribution in [-0.2, 0) is 9.59 Å². The number of carbonyl (C=O) groups excluding carboxylic acids is 2. The summed E-state index contributed by atoms with van der Waals surface area (Å²) in [4.78, 5) is 26.8. The topological polar surface area (TPSA) is 52.7 Å². The molecule has 18 heavy (non-hydrogen) atoms. The zero-order valence-corrected chi connectivity index (χ0v) is 11.7. The number of hydrogen-bond acceptors (Lipinski definition) is 3. The van der Waals surface area contributed by atoms with Gasteiger partial charge in [0.25, 0.3) is 0 Å². The van der Waals surface area contributed by atoms with Gasteiger partial charge in [-0.1, -0.05) is 19.3 Å². The van der Waals surface area contributed by atoms with Gasteiger partial charge >= 0.3 is 0 Å². The van der Waals surface area contributed by atoms with Crippen molar-refractivity contribution in [3.05, 3.63) is 0 Å². The van der Waals surface area contributed by atoms with E-state index in [1.807, 2.05) is 0 Å². The lowest BCUT2D eigenvalue weighted by atomic mass is 10.0. The van der Waals surface area contributed by atoms with E-state index in [-0.39, 0.29) is 24.4 Å². The molecule has 1 atom stereocenters. The SMILES string of the molecule is CN(C)C(=O)CN(C)C(=O)C1CCCCCCN1. The molecular weight excluding hydrogens is 230 g/mol. The number of nitrogens with zero attached hydrogens (tertiary/aromatic N) is 2. The van der Waals surface area contributed by atoms with Crippen molar-refractivity contribution in [3.8, 4) is 0 Å². The summed E-state index contributed by atoms with van der Waals surface area (Å²) in [7, 11) is 5.10. The van der Waals surface area contributed by atoms with Gasteiger partial charge in [0.1, 0.15) is 0 Å². The molecule has 1 saturated heterocycles. The molecule has 5 nitrogen and oxygen atoms in total. The number of hydrogen-bond donors (Lipinski definition) is 1. The van der Waals surface area contributed by atoms with Crippen LogP contribution in [0, 0.1) is 0 Å². The van der Waals surface area contributed by atoms with Gasteiger partial charge in [0.2, 0.25) is 11.8 Å². The molecule has 1 aliphatic rings. The molecule has 0 bridgehead atoms. The van der Waals surface area contributed by atoms with Crippen molar-refractivity contribution in [3.63, 3.8) is 0 Å². The summed E-state index contributed by atoms with van der Waals surface area (Å²) >= 11 is 0. The van der Waals surface area contributed by atoms with E-state index < -0.39 is 0 Å². The van der Waals surface area contributed by atoms with E-state index >= 15 is 0 Å². The molecule has 0 aromatic carbocycles. The summed E-state index contributed by atoms with van der Waals surface area (Å²) in [5.41, 5.74) is 0. The molecule has 5 heteroatoms. The fourth-order valence-corrected chi connectivity index (χ4v) is 2.10. The Balaban J connectivity index is 2.47. The van der Waals surface area contributed by atoms with Crippen LogP contribution in [0.3, 0.4) is 0 Å². The second-order valence-electron chi connectivity index (χ2n) is 5.19. The summed E-state index contributed by atoms with van der Waals surface area (Å²) < 4.78 is 0. The monoisotopic (exact) mass is 255 g/mol. The van der Waals surface area contributed by atoms with Crippen molar-refractivity contribution < 1.29 is 9.59 Å². The predicted octanol–water partition coefficient (Wildman–Crippen LogP) is 0.455. The standard InChI is InChI=1S/C13H25N3O2/c1-15(2)12(17)10-16(3)13(18)11-8-6-4-5-7-9-14-11/h11,14H,4-10H2,1-3H3. The maximum Gasteiger partial charge on any atom is 0.241 e. The first-order valence-corrected chi connectivity index (χ1v) is 6.71. The molecule has 0 aromatic rings. The molecule has 1 fully saturated rings. The van der Waals surface area contributed by atoms with E-state index in [2.05, 4.69) is 5.32 Å². The van der Waals surface area contributed by atoms with Crippen molar-refractivity contribution in [2.24, 2.45) is 0 Å². The molecular formula is C13H25N3O2. The maximum atomic E-state index is 12.2. The molecule has 0 aliphatic carbocycles. The van der Waals surface area contributed by atoms with Crippen LogP contribution < -0.4 is 5.32 Å². The first kappa shape index (κ1) is 15.0. The Labute approximate surface area is 110 Å². The summed E-state index contributed by atoms with van der Waals surface area (Å²) in [6, 6.07) is -0.120. The Bertz CT molecular complexity index is 284. The first-order chi connectivity index (χ1) is 8.52. The predicted molar refractivity (Wildman–Crippen MR) is 71.2 cm³/mol. The van der Waals surface area contributed by atoms with Crippen molar-refractivity contribution in [1.82, 2.24) is 15.1 Å². The van der Waals surface area contributed by atoms with Crippen LogP contribution in [0.15, 0.2) is 0 Å². The second-order valence-corrected chi connectivity index (χ2v) is 5.19. The zero-order chi connectivity index (χ0) is 13.5. The van der Waals surface area contributed by atoms with E-state index in [0.717, 1.165) is 25.8 Å². The minimum Gasteiger partial charge on any atom is -0.347 e. The highest BCUT2D eigenvalue weighted by Crippen LogP contribution is 2.11. The number of nitrogens with one attached hydrogen (secondary N) is 1. The lowest BCUT2D eigenvalue weighted by Gasteiger charge is -2.26. The number of amides is 2. The van der Waals surface area contributed by atoms with E-state index in [4.69, 9.17) is 0 Å². The summed E-state index contributed by atoms with van der Waals surface area (Å²) in [6.07, 6.45) is 5.52. The smallest absolute Gasteiger partial charge is 0.241 e. The number of rotatable bonds is 3. The number of carbonyl (C=O) groups is 2. The van der Waals surface area contributed by atoms with E-state index in [9.17, 15) is 9.59 Å². The molecule has 1 N–H and O–H groups in total. The fraction of sp³-hybridized carbons (Fsp3) is 0.846. The molecule has 1 rings (SSSR count). The van der Waals surface area contributed by atoms with Crippen LogP contribution in [0.4, 0.5) is 0 Å². The molecule has 1 aliphatic heterocycles. The maximum absolute atomic E-state index is 12.2. The van der Waals surface area contributed by atoms with Gasteiger partial charge in [0, 0.05) is 21.1 Å². The Kier molecular flexibility index (Phi) is 6.12. The quantitative estimate of drug-likeness (QED) is 0.797. The van der Waals surface area contributed by atoms with Crippen LogP contribution in [0.25, 0.3) is 0 Å². The average Bonchev–Trinajstić information content (AvgIpc) is 2.27. The molecule has 1 heterocycles. The lowest BCUT2D eigenvalue weighted by molar-refractivity contribution is -0.139. The summed E-state index contributed by atoms with van der Waals surface area (Å²) in [5.74, 6) is -0.0104. The van der Waals surface area contributed by atoms with Gasteiger partial charge in [0.05, 0.1) is 12.6 Å². The van der Waals surface area contributed by atoms with Crippen LogP contribution in [-0.4, -0.2) is 61.9 Å². The van der Waals surface area contributed by atoms with Crippen LogP contribution >= 0.6 is 0 Å². The Morgan fingerprint density at radius 3 is 2.44 bits per heavy atom. The fourth-order valence-electron chi connectivity index (χ4n) is 2.10. The third-order valence-electron chi connectivity index (χ3n) is 3.36. The van der Waals surface area contributed by atoms with Gasteiger partial charge in [0.15, 0.2) is 0 Å². The third-order valence-corrected chi connectivity index (χ3v) is 3.36. The highest BCUT2D eigenvalue weighted by Gasteiger charge is 2.23. The Morgan fingerprint density at radius 2 is 1.78 bits per heavy atom. The van der Waals surface area contributed by atoms with Crippen molar-refractivity contribution in [2.45, 2.75) is 38.1 Å². The van der Waals surface area contributed by atoms with Crippen LogP contribution in [0.2, 0.25) is 0 Å². The molecule has 0 spiro atoms. The van der Waals surface area contributed by atoms with E-state index in [0.29, 0.717) is 0 Å². The minimum absolute atomic E-state index is 0.0344. The Morgan fingerprint density at radius 1 is 1.11 bits per heavy atom. The molecule has 0 radical (unpaired) electrons. The summed E-state index contributed by atoms with van der Waals surface area (Å²) in [6.45, 7) is 1.05. The van der Waals surface area contributed by atoms with Gasteiger partial charge in [-0.25, -0.2) is 0 Å². The molecule has 104 valence electrons. The average molecular weight is 255 g/mol. The van der Waals surface area contributed by atoms with Gasteiger partial charge in [-0.15, -0.1) is 0 Å². The van der Waals surface area contributed by atoms with Crippen LogP contribution in [0.5, 0.6) is 0 Å². The first-order valence-electron chi connectivity index (χ1n) is 6.71. The van der Waals surface area contributed by atoms with Crippen molar-refractivity contribution in [1.29, 1.82) is 0 Å². The highest BCUT2D eigenvalue weighted by atomic mass is 16.2. The van der Waals surface area contributed by atoms with Gasteiger partial charge in [-0.05, 0) is 19.4 Å². The van der Waals surface area contributed by atoms with Gasteiger partial charge < -0.3 is 15.1 Å². The third kappa shape index (κ3) is 4.64. The molecule has 0 saturated carbocycles. The normalized spacial score (nSPS) is 20.7. The zero-order valence-electron chi connectivity index (χ0n) is 11.7. The van der Waals surface area contributed by atoms with Crippen molar-refractivity contribution >= 4 is 11.8 Å². The van der Waals surface area contributed by atoms with Gasteiger partial charge in [-0.2, -0.15) is 0 Å². The van der Waals surface area contributed by atoms with E-state index in [1.165, 1.54) is 22.6 Å². The van der Waals surface area contributed by atoms with Crippen molar-refractivity contribution in [2.75, 3.05) is 34.2 Å². The van der Waals surface area contributed by atoms with Crippen LogP contribution in [0.1, 0.15) is 32.1 Å². The lowest BCUT2D eigenvalue weighted by Crippen LogP contribution is -2.48. The summed E-state index contributed by atoms with van der Waals surface area (Å²) in [5, 5.41) is 3.29. The minimum atomic E-state index is -0.120. The largest absolute Gasteiger partial charge is 0.347 e. The molecule has 2 amide bonds.